The number of sulfonamides is 3. The van der Waals surface area contributed by atoms with E-state index >= 15 is 0 Å². The van der Waals surface area contributed by atoms with E-state index in [1.807, 2.05) is 6.92 Å². The van der Waals surface area contributed by atoms with Gasteiger partial charge in [-0.25, -0.2) is 39.4 Å². The Kier molecular flexibility index (Phi) is 23.4. The van der Waals surface area contributed by atoms with Crippen molar-refractivity contribution in [1.29, 1.82) is 15.8 Å². The Labute approximate surface area is 267 Å². The van der Waals surface area contributed by atoms with E-state index in [9.17, 15) is 25.3 Å². The van der Waals surface area contributed by atoms with Crippen LogP contribution in [0.2, 0.25) is 0 Å². The molecule has 0 unspecified atom stereocenters. The highest BCUT2D eigenvalue weighted by Gasteiger charge is 2.64. The van der Waals surface area contributed by atoms with E-state index in [1.54, 1.807) is 0 Å². The molecule has 44 heavy (non-hydrogen) atoms. The summed E-state index contributed by atoms with van der Waals surface area (Å²) in [7, 11) is -14.9. The molecule has 0 spiro atoms. The van der Waals surface area contributed by atoms with E-state index in [4.69, 9.17) is 15.8 Å². The standard InChI is InChI=1S/C29H54N6O6S3/c1-2-3-4-8-15-22-29(42(36,37)33-26-19-12-5-9-16-23-30,43(38,39)34-27-20-13-6-10-17-24-31)44(40,41)35-28-21-14-7-11-18-25-32/h33-35H,2-22,26-28H2,1H3. The second-order valence-corrected chi connectivity index (χ2v) is 17.8. The Hall–Kier alpha value is -1.80. The number of hydrogen-bond donors (Lipinski definition) is 3. The van der Waals surface area contributed by atoms with Crippen LogP contribution in [0.25, 0.3) is 0 Å². The fourth-order valence-electron chi connectivity index (χ4n) is 4.78. The van der Waals surface area contributed by atoms with Gasteiger partial charge in [0.15, 0.2) is 0 Å². The Morgan fingerprint density at radius 3 is 1.07 bits per heavy atom. The van der Waals surface area contributed by atoms with E-state index in [1.165, 1.54) is 0 Å². The maximum absolute atomic E-state index is 14.0. The van der Waals surface area contributed by atoms with Crippen LogP contribution in [0.15, 0.2) is 0 Å². The topological polar surface area (TPSA) is 210 Å². The van der Waals surface area contributed by atoms with Gasteiger partial charge >= 0.3 is 3.41 Å². The summed E-state index contributed by atoms with van der Waals surface area (Å²) in [5, 5.41) is 26.1. The van der Waals surface area contributed by atoms with Crippen LogP contribution in [-0.4, -0.2) is 48.3 Å². The lowest BCUT2D eigenvalue weighted by molar-refractivity contribution is 0.505. The molecule has 0 amide bonds. The van der Waals surface area contributed by atoms with E-state index in [2.05, 4.69) is 32.4 Å². The third-order valence-electron chi connectivity index (χ3n) is 7.34. The minimum atomic E-state index is -4.97. The monoisotopic (exact) mass is 678 g/mol. The molecule has 3 N–H and O–H groups in total. The fourth-order valence-corrected chi connectivity index (χ4v) is 12.4. The van der Waals surface area contributed by atoms with Gasteiger partial charge in [-0.05, 0) is 44.9 Å². The van der Waals surface area contributed by atoms with Crippen molar-refractivity contribution >= 4 is 30.1 Å². The quantitative estimate of drug-likeness (QED) is 0.0853. The maximum atomic E-state index is 14.0. The average molecular weight is 679 g/mol. The number of nitrogens with zero attached hydrogens (tertiary/aromatic N) is 3. The lowest BCUT2D eigenvalue weighted by Crippen LogP contribution is -2.63. The van der Waals surface area contributed by atoms with Crippen molar-refractivity contribution in [2.45, 2.75) is 145 Å². The summed E-state index contributed by atoms with van der Waals surface area (Å²) in [6.07, 6.45) is 10.5. The van der Waals surface area contributed by atoms with Gasteiger partial charge in [-0.1, -0.05) is 71.1 Å². The van der Waals surface area contributed by atoms with E-state index in [0.29, 0.717) is 103 Å². The summed E-state index contributed by atoms with van der Waals surface area (Å²) >= 11 is 0. The second-order valence-electron chi connectivity index (χ2n) is 11.0. The van der Waals surface area contributed by atoms with Crippen LogP contribution in [0.3, 0.4) is 0 Å². The van der Waals surface area contributed by atoms with Crippen molar-refractivity contribution in [1.82, 2.24) is 14.2 Å². The van der Waals surface area contributed by atoms with Crippen LogP contribution >= 0.6 is 0 Å². The summed E-state index contributed by atoms with van der Waals surface area (Å²) in [6.45, 7) is 1.61. The van der Waals surface area contributed by atoms with Crippen molar-refractivity contribution in [2.24, 2.45) is 0 Å². The molecule has 0 bridgehead atoms. The zero-order chi connectivity index (χ0) is 33.2. The molecule has 0 heterocycles. The molecule has 0 aromatic rings. The third-order valence-corrected chi connectivity index (χ3v) is 16.1. The molecule has 0 radical (unpaired) electrons. The summed E-state index contributed by atoms with van der Waals surface area (Å²) in [5.41, 5.74) is 0. The molecule has 0 aromatic heterocycles. The second kappa shape index (κ2) is 24.4. The molecule has 0 aliphatic rings. The number of nitriles is 3. The smallest absolute Gasteiger partial charge is 0.213 e. The maximum Gasteiger partial charge on any atom is 0.313 e. The number of rotatable bonds is 30. The Morgan fingerprint density at radius 2 is 0.750 bits per heavy atom. The Bertz CT molecular complexity index is 1080. The molecule has 0 saturated heterocycles. The first-order valence-corrected chi connectivity index (χ1v) is 20.5. The average Bonchev–Trinajstić information content (AvgIpc) is 2.97. The molecular weight excluding hydrogens is 625 g/mol. The number of unbranched alkanes of at least 4 members (excludes halogenated alkanes) is 16. The first-order valence-electron chi connectivity index (χ1n) is 16.1. The molecular formula is C29H54N6O6S3. The molecule has 0 aliphatic carbocycles. The van der Waals surface area contributed by atoms with Gasteiger partial charge in [0.1, 0.15) is 0 Å². The largest absolute Gasteiger partial charge is 0.313 e. The molecule has 0 fully saturated rings. The predicted octanol–water partition coefficient (Wildman–Crippen LogP) is 5.18. The van der Waals surface area contributed by atoms with Gasteiger partial charge < -0.3 is 0 Å². The van der Waals surface area contributed by atoms with Crippen LogP contribution < -0.4 is 14.2 Å². The fraction of sp³-hybridized carbons (Fsp3) is 0.897. The molecule has 0 aromatic carbocycles. The van der Waals surface area contributed by atoms with Crippen molar-refractivity contribution in [3.63, 3.8) is 0 Å². The van der Waals surface area contributed by atoms with Gasteiger partial charge in [0, 0.05) is 45.3 Å². The van der Waals surface area contributed by atoms with Crippen molar-refractivity contribution in [3.8, 4) is 18.2 Å². The van der Waals surface area contributed by atoms with Gasteiger partial charge in [0.25, 0.3) is 0 Å². The zero-order valence-electron chi connectivity index (χ0n) is 26.5. The van der Waals surface area contributed by atoms with Crippen molar-refractivity contribution in [2.75, 3.05) is 19.6 Å². The van der Waals surface area contributed by atoms with Crippen LogP contribution in [0.4, 0.5) is 0 Å². The van der Waals surface area contributed by atoms with Gasteiger partial charge in [0.2, 0.25) is 30.1 Å². The molecule has 15 heteroatoms. The minimum absolute atomic E-state index is 0.0825. The van der Waals surface area contributed by atoms with Crippen LogP contribution in [0, 0.1) is 34.0 Å². The third kappa shape index (κ3) is 15.5. The van der Waals surface area contributed by atoms with Gasteiger partial charge in [-0.15, -0.1) is 0 Å². The number of nitrogens with one attached hydrogen (secondary N) is 3. The van der Waals surface area contributed by atoms with E-state index in [0.717, 1.165) is 19.3 Å². The first kappa shape index (κ1) is 42.2. The normalized spacial score (nSPS) is 12.4. The van der Waals surface area contributed by atoms with Crippen molar-refractivity contribution in [3.05, 3.63) is 0 Å². The van der Waals surface area contributed by atoms with E-state index in [-0.39, 0.29) is 26.1 Å². The zero-order valence-corrected chi connectivity index (χ0v) is 28.9. The Balaban J connectivity index is 6.18. The molecule has 254 valence electrons. The molecule has 0 atom stereocenters. The Morgan fingerprint density at radius 1 is 0.455 bits per heavy atom. The molecule has 0 rings (SSSR count). The highest BCUT2D eigenvalue weighted by Crippen LogP contribution is 2.36. The first-order chi connectivity index (χ1) is 21.0. The van der Waals surface area contributed by atoms with Gasteiger partial charge in [-0.3, -0.25) is 0 Å². The van der Waals surface area contributed by atoms with Crippen LogP contribution in [0.5, 0.6) is 0 Å². The molecule has 12 nitrogen and oxygen atoms in total. The predicted molar refractivity (Wildman–Crippen MR) is 173 cm³/mol. The lowest BCUT2D eigenvalue weighted by atomic mass is 10.1. The SMILES string of the molecule is CCCCCCCC(S(=O)(=O)NCCCCCCC#N)(S(=O)(=O)NCCCCCCC#N)S(=O)(=O)NCCCCCCC#N. The molecule has 0 aliphatic heterocycles. The molecule has 0 saturated carbocycles. The van der Waals surface area contributed by atoms with Crippen LogP contribution in [0.1, 0.15) is 142 Å². The van der Waals surface area contributed by atoms with Gasteiger partial charge in [0.05, 0.1) is 18.2 Å². The van der Waals surface area contributed by atoms with Gasteiger partial charge in [-0.2, -0.15) is 15.8 Å². The highest BCUT2D eigenvalue weighted by atomic mass is 32.3. The summed E-state index contributed by atoms with van der Waals surface area (Å²) in [5.74, 6) is 0. The lowest BCUT2D eigenvalue weighted by Gasteiger charge is -2.32. The van der Waals surface area contributed by atoms with Crippen LogP contribution in [-0.2, 0) is 30.1 Å². The van der Waals surface area contributed by atoms with Crippen molar-refractivity contribution < 1.29 is 25.3 Å². The summed E-state index contributed by atoms with van der Waals surface area (Å²) < 4.78 is 87.5. The number of hydrogen-bond acceptors (Lipinski definition) is 9. The highest BCUT2D eigenvalue weighted by molar-refractivity contribution is 8.24. The summed E-state index contributed by atoms with van der Waals surface area (Å²) in [6, 6.07) is 6.15. The minimum Gasteiger partial charge on any atom is -0.213 e. The van der Waals surface area contributed by atoms with E-state index < -0.39 is 39.9 Å². The summed E-state index contributed by atoms with van der Waals surface area (Å²) in [4.78, 5) is 0.